The molecule has 2 unspecified atom stereocenters. The van der Waals surface area contributed by atoms with E-state index in [0.29, 0.717) is 19.1 Å². The van der Waals surface area contributed by atoms with Crippen LogP contribution in [0.4, 0.5) is 5.69 Å². The van der Waals surface area contributed by atoms with Gasteiger partial charge >= 0.3 is 0 Å². The van der Waals surface area contributed by atoms with Crippen LogP contribution in [0.3, 0.4) is 0 Å². The van der Waals surface area contributed by atoms with Crippen molar-refractivity contribution in [1.29, 1.82) is 0 Å². The van der Waals surface area contributed by atoms with Crippen molar-refractivity contribution in [3.05, 3.63) is 29.3 Å². The maximum atomic E-state index is 11.8. The Morgan fingerprint density at radius 2 is 2.19 bits per heavy atom. The summed E-state index contributed by atoms with van der Waals surface area (Å²) in [6.45, 7) is 6.93. The van der Waals surface area contributed by atoms with Crippen molar-refractivity contribution in [2.24, 2.45) is 5.92 Å². The lowest BCUT2D eigenvalue weighted by atomic mass is 10.1. The number of ether oxygens (including phenoxy) is 1. The summed E-state index contributed by atoms with van der Waals surface area (Å²) in [5.41, 5.74) is 1.19. The first-order valence-electron chi connectivity index (χ1n) is 7.50. The highest BCUT2D eigenvalue weighted by molar-refractivity contribution is 6.30. The topological polar surface area (TPSA) is 41.6 Å². The predicted molar refractivity (Wildman–Crippen MR) is 85.9 cm³/mol. The predicted octanol–water partition coefficient (Wildman–Crippen LogP) is 2.71. The Morgan fingerprint density at radius 3 is 2.86 bits per heavy atom. The van der Waals surface area contributed by atoms with Gasteiger partial charge in [0.15, 0.2) is 0 Å². The fourth-order valence-corrected chi connectivity index (χ4v) is 2.73. The van der Waals surface area contributed by atoms with Gasteiger partial charge in [-0.1, -0.05) is 11.6 Å². The van der Waals surface area contributed by atoms with Crippen molar-refractivity contribution < 1.29 is 9.53 Å². The largest absolute Gasteiger partial charge is 0.371 e. The standard InChI is InChI=1S/C16H23ClN2O2/c1-3-21-12(2)16(20)18-10-13-8-9-19(11-13)15-6-4-14(17)5-7-15/h4-7,12-13H,3,8-11H2,1-2H3,(H,18,20). The Hall–Kier alpha value is -1.26. The molecule has 1 amide bonds. The van der Waals surface area contributed by atoms with Gasteiger partial charge in [0.2, 0.25) is 5.91 Å². The second-order valence-corrected chi connectivity index (χ2v) is 5.86. The van der Waals surface area contributed by atoms with Crippen molar-refractivity contribution in [2.75, 3.05) is 31.1 Å². The van der Waals surface area contributed by atoms with Crippen molar-refractivity contribution in [2.45, 2.75) is 26.4 Å². The molecule has 0 spiro atoms. The molecule has 1 N–H and O–H groups in total. The zero-order valence-corrected chi connectivity index (χ0v) is 13.4. The van der Waals surface area contributed by atoms with Crippen LogP contribution in [0.15, 0.2) is 24.3 Å². The summed E-state index contributed by atoms with van der Waals surface area (Å²) in [6.07, 6.45) is 0.718. The second-order valence-electron chi connectivity index (χ2n) is 5.42. The molecule has 116 valence electrons. The smallest absolute Gasteiger partial charge is 0.248 e. The zero-order chi connectivity index (χ0) is 15.2. The van der Waals surface area contributed by atoms with Gasteiger partial charge in [-0.25, -0.2) is 0 Å². The quantitative estimate of drug-likeness (QED) is 0.878. The van der Waals surface area contributed by atoms with Crippen LogP contribution in [0.25, 0.3) is 0 Å². The third-order valence-electron chi connectivity index (χ3n) is 3.83. The SMILES string of the molecule is CCOC(C)C(=O)NCC1CCN(c2ccc(Cl)cc2)C1. The van der Waals surface area contributed by atoms with Crippen LogP contribution in [0.5, 0.6) is 0 Å². The van der Waals surface area contributed by atoms with Gasteiger partial charge in [0.25, 0.3) is 0 Å². The Morgan fingerprint density at radius 1 is 1.48 bits per heavy atom. The molecule has 1 aliphatic heterocycles. The van der Waals surface area contributed by atoms with Crippen LogP contribution in [0.2, 0.25) is 5.02 Å². The van der Waals surface area contributed by atoms with E-state index in [1.807, 2.05) is 31.2 Å². The summed E-state index contributed by atoms with van der Waals surface area (Å²) in [5, 5.41) is 3.73. The number of benzene rings is 1. The lowest BCUT2D eigenvalue weighted by molar-refractivity contribution is -0.131. The van der Waals surface area contributed by atoms with Gasteiger partial charge in [-0.15, -0.1) is 0 Å². The number of carbonyl (C=O) groups is 1. The molecule has 0 aromatic heterocycles. The molecule has 2 atom stereocenters. The molecule has 5 heteroatoms. The third-order valence-corrected chi connectivity index (χ3v) is 4.08. The fourth-order valence-electron chi connectivity index (χ4n) is 2.60. The number of hydrogen-bond acceptors (Lipinski definition) is 3. The number of amides is 1. The molecule has 1 saturated heterocycles. The monoisotopic (exact) mass is 310 g/mol. The lowest BCUT2D eigenvalue weighted by Crippen LogP contribution is -2.38. The van der Waals surface area contributed by atoms with E-state index in [1.54, 1.807) is 6.92 Å². The van der Waals surface area contributed by atoms with E-state index in [0.717, 1.165) is 24.5 Å². The normalized spacial score (nSPS) is 19.6. The second kappa shape index (κ2) is 7.66. The fraction of sp³-hybridized carbons (Fsp3) is 0.562. The third kappa shape index (κ3) is 4.61. The summed E-state index contributed by atoms with van der Waals surface area (Å²) < 4.78 is 5.29. The molecule has 21 heavy (non-hydrogen) atoms. The van der Waals surface area contributed by atoms with Gasteiger partial charge in [-0.05, 0) is 50.5 Å². The molecule has 2 rings (SSSR count). The molecule has 1 aliphatic rings. The molecule has 0 bridgehead atoms. The summed E-state index contributed by atoms with van der Waals surface area (Å²) in [6, 6.07) is 7.91. The molecule has 1 fully saturated rings. The Bertz CT molecular complexity index is 464. The van der Waals surface area contributed by atoms with Crippen LogP contribution in [0.1, 0.15) is 20.3 Å². The minimum Gasteiger partial charge on any atom is -0.371 e. The van der Waals surface area contributed by atoms with Gasteiger partial charge in [-0.2, -0.15) is 0 Å². The Labute approximate surface area is 131 Å². The maximum Gasteiger partial charge on any atom is 0.248 e. The van der Waals surface area contributed by atoms with Gasteiger partial charge in [0.1, 0.15) is 6.10 Å². The molecule has 0 aliphatic carbocycles. The minimum atomic E-state index is -0.372. The summed E-state index contributed by atoms with van der Waals surface area (Å²) in [7, 11) is 0. The first-order chi connectivity index (χ1) is 10.1. The maximum absolute atomic E-state index is 11.8. The highest BCUT2D eigenvalue weighted by Gasteiger charge is 2.23. The number of nitrogens with zero attached hydrogens (tertiary/aromatic N) is 1. The number of nitrogens with one attached hydrogen (secondary N) is 1. The highest BCUT2D eigenvalue weighted by Crippen LogP contribution is 2.24. The van der Waals surface area contributed by atoms with Crippen molar-refractivity contribution in [3.63, 3.8) is 0 Å². The Balaban J connectivity index is 1.77. The lowest BCUT2D eigenvalue weighted by Gasteiger charge is -2.19. The number of carbonyl (C=O) groups excluding carboxylic acids is 1. The average molecular weight is 311 g/mol. The molecular weight excluding hydrogens is 288 g/mol. The molecule has 0 radical (unpaired) electrons. The van der Waals surface area contributed by atoms with Crippen molar-refractivity contribution in [3.8, 4) is 0 Å². The van der Waals surface area contributed by atoms with Gasteiger partial charge in [0, 0.05) is 37.0 Å². The average Bonchev–Trinajstić information content (AvgIpc) is 2.94. The number of halogens is 1. The summed E-state index contributed by atoms with van der Waals surface area (Å²) in [5.74, 6) is 0.459. The van der Waals surface area contributed by atoms with E-state index in [4.69, 9.17) is 16.3 Å². The van der Waals surface area contributed by atoms with Gasteiger partial charge in [-0.3, -0.25) is 4.79 Å². The van der Waals surface area contributed by atoms with E-state index in [-0.39, 0.29) is 12.0 Å². The molecular formula is C16H23ClN2O2. The van der Waals surface area contributed by atoms with E-state index >= 15 is 0 Å². The zero-order valence-electron chi connectivity index (χ0n) is 12.6. The van der Waals surface area contributed by atoms with Crippen molar-refractivity contribution in [1.82, 2.24) is 5.32 Å². The van der Waals surface area contributed by atoms with Gasteiger partial charge < -0.3 is 15.0 Å². The van der Waals surface area contributed by atoms with E-state index in [1.165, 1.54) is 5.69 Å². The minimum absolute atomic E-state index is 0.0261. The summed E-state index contributed by atoms with van der Waals surface area (Å²) >= 11 is 5.91. The first kappa shape index (κ1) is 16.1. The van der Waals surface area contributed by atoms with Crippen LogP contribution >= 0.6 is 11.6 Å². The van der Waals surface area contributed by atoms with Crippen LogP contribution in [-0.4, -0.2) is 38.3 Å². The molecule has 1 heterocycles. The van der Waals surface area contributed by atoms with Gasteiger partial charge in [0.05, 0.1) is 0 Å². The molecule has 0 saturated carbocycles. The molecule has 1 aromatic rings. The molecule has 1 aromatic carbocycles. The van der Waals surface area contributed by atoms with Crippen LogP contribution in [0, 0.1) is 5.92 Å². The highest BCUT2D eigenvalue weighted by atomic mass is 35.5. The van der Waals surface area contributed by atoms with E-state index in [9.17, 15) is 4.79 Å². The van der Waals surface area contributed by atoms with Crippen LogP contribution < -0.4 is 10.2 Å². The number of hydrogen-bond donors (Lipinski definition) is 1. The van der Waals surface area contributed by atoms with Crippen LogP contribution in [-0.2, 0) is 9.53 Å². The number of rotatable bonds is 6. The first-order valence-corrected chi connectivity index (χ1v) is 7.87. The van der Waals surface area contributed by atoms with Crippen molar-refractivity contribution >= 4 is 23.2 Å². The van der Waals surface area contributed by atoms with E-state index < -0.39 is 0 Å². The summed E-state index contributed by atoms with van der Waals surface area (Å²) in [4.78, 5) is 14.1. The Kier molecular flexibility index (Phi) is 5.88. The number of anilines is 1. The molecule has 4 nitrogen and oxygen atoms in total. The van der Waals surface area contributed by atoms with E-state index in [2.05, 4.69) is 10.2 Å².